The summed E-state index contributed by atoms with van der Waals surface area (Å²) in [6, 6.07) is 6.06. The number of hydrogen-bond acceptors (Lipinski definition) is 3. The Balaban J connectivity index is 1.58. The molecule has 1 unspecified atom stereocenters. The van der Waals surface area contributed by atoms with Crippen LogP contribution in [-0.4, -0.2) is 36.6 Å². The van der Waals surface area contributed by atoms with E-state index in [1.807, 2.05) is 0 Å². The molecule has 31 heavy (non-hydrogen) atoms. The summed E-state index contributed by atoms with van der Waals surface area (Å²) in [5.41, 5.74) is 1.84. The summed E-state index contributed by atoms with van der Waals surface area (Å²) in [6.07, 6.45) is 8.78. The number of amides is 3. The average Bonchev–Trinajstić information content (AvgIpc) is 3.53. The van der Waals surface area contributed by atoms with Gasteiger partial charge in [-0.2, -0.15) is 0 Å². The van der Waals surface area contributed by atoms with Crippen molar-refractivity contribution in [1.29, 1.82) is 0 Å². The monoisotopic (exact) mass is 420 g/mol. The highest BCUT2D eigenvalue weighted by Gasteiger charge is 2.67. The summed E-state index contributed by atoms with van der Waals surface area (Å²) in [6.45, 7) is 2.56. The van der Waals surface area contributed by atoms with Crippen LogP contribution < -0.4 is 5.32 Å². The number of ether oxygens (including phenoxy) is 1. The first-order valence-electron chi connectivity index (χ1n) is 11.8. The number of imide groups is 1. The molecule has 1 saturated heterocycles. The molecular weight excluding hydrogens is 388 g/mol. The second kappa shape index (κ2) is 7.67. The summed E-state index contributed by atoms with van der Waals surface area (Å²) >= 11 is 0. The predicted octanol–water partition coefficient (Wildman–Crippen LogP) is 4.13. The Morgan fingerprint density at radius 1 is 1.19 bits per heavy atom. The van der Waals surface area contributed by atoms with E-state index in [0.717, 1.165) is 56.1 Å². The van der Waals surface area contributed by atoms with Gasteiger partial charge in [0.2, 0.25) is 0 Å². The van der Waals surface area contributed by atoms with Crippen LogP contribution in [0, 0.1) is 23.2 Å². The van der Waals surface area contributed by atoms with Gasteiger partial charge in [-0.1, -0.05) is 31.3 Å². The summed E-state index contributed by atoms with van der Waals surface area (Å²) in [7, 11) is 1.77. The quantitative estimate of drug-likeness (QED) is 0.589. The van der Waals surface area contributed by atoms with Crippen LogP contribution in [0.25, 0.3) is 0 Å². The van der Waals surface area contributed by atoms with Crippen LogP contribution in [0.3, 0.4) is 0 Å². The summed E-state index contributed by atoms with van der Waals surface area (Å²) in [5.74, 6) is 7.11. The van der Waals surface area contributed by atoms with E-state index in [2.05, 4.69) is 42.3 Å². The highest BCUT2D eigenvalue weighted by molar-refractivity contribution is 6.09. The van der Waals surface area contributed by atoms with Crippen molar-refractivity contribution in [2.45, 2.75) is 76.4 Å². The molecule has 0 aromatic heterocycles. The van der Waals surface area contributed by atoms with E-state index in [4.69, 9.17) is 4.74 Å². The fourth-order valence-corrected chi connectivity index (χ4v) is 5.92. The van der Waals surface area contributed by atoms with E-state index >= 15 is 0 Å². The fourth-order valence-electron chi connectivity index (χ4n) is 5.92. The van der Waals surface area contributed by atoms with E-state index in [-0.39, 0.29) is 23.5 Å². The normalized spacial score (nSPS) is 31.7. The number of nitrogens with zero attached hydrogens (tertiary/aromatic N) is 1. The smallest absolute Gasteiger partial charge is 0.325 e. The van der Waals surface area contributed by atoms with Gasteiger partial charge >= 0.3 is 6.03 Å². The number of carbonyl (C=O) groups is 2. The van der Waals surface area contributed by atoms with Crippen LogP contribution in [0.15, 0.2) is 18.2 Å². The molecule has 2 saturated carbocycles. The van der Waals surface area contributed by atoms with Crippen LogP contribution in [0.5, 0.6) is 0 Å². The topological polar surface area (TPSA) is 58.6 Å². The van der Waals surface area contributed by atoms with E-state index < -0.39 is 5.54 Å². The lowest BCUT2D eigenvalue weighted by Gasteiger charge is -2.46. The minimum absolute atomic E-state index is 0.0622. The first kappa shape index (κ1) is 20.6. The predicted molar refractivity (Wildman–Crippen MR) is 118 cm³/mol. The van der Waals surface area contributed by atoms with Crippen molar-refractivity contribution in [2.24, 2.45) is 11.3 Å². The van der Waals surface area contributed by atoms with Crippen LogP contribution in [0.1, 0.15) is 75.0 Å². The molecule has 0 bridgehead atoms. The Morgan fingerprint density at radius 2 is 1.97 bits per heavy atom. The van der Waals surface area contributed by atoms with Crippen molar-refractivity contribution in [3.8, 4) is 11.8 Å². The van der Waals surface area contributed by atoms with Crippen molar-refractivity contribution in [3.63, 3.8) is 0 Å². The third-order valence-corrected chi connectivity index (χ3v) is 7.90. The van der Waals surface area contributed by atoms with Gasteiger partial charge in [0.05, 0.1) is 6.10 Å². The van der Waals surface area contributed by atoms with Gasteiger partial charge < -0.3 is 10.1 Å². The fraction of sp³-hybridized carbons (Fsp3) is 0.615. The van der Waals surface area contributed by atoms with E-state index in [1.54, 1.807) is 7.11 Å². The maximum Gasteiger partial charge on any atom is 0.325 e. The van der Waals surface area contributed by atoms with Crippen molar-refractivity contribution in [3.05, 3.63) is 34.9 Å². The van der Waals surface area contributed by atoms with Gasteiger partial charge in [0.15, 0.2) is 5.54 Å². The molecular formula is C26H32N2O3. The number of fused-ring (bicyclic) bond motifs is 3. The molecule has 1 atom stereocenters. The summed E-state index contributed by atoms with van der Waals surface area (Å²) < 4.78 is 5.62. The molecule has 4 aliphatic rings. The first-order chi connectivity index (χ1) is 15.0. The molecule has 1 aliphatic heterocycles. The molecule has 164 valence electrons. The van der Waals surface area contributed by atoms with Crippen LogP contribution >= 0.6 is 0 Å². The molecule has 5 rings (SSSR count). The molecule has 3 amide bonds. The Hall–Kier alpha value is -2.32. The van der Waals surface area contributed by atoms with Gasteiger partial charge in [0.25, 0.3) is 5.91 Å². The van der Waals surface area contributed by atoms with Crippen molar-refractivity contribution < 1.29 is 14.3 Å². The molecule has 3 fully saturated rings. The number of unbranched alkanes of at least 4 members (excludes halogenated alkanes) is 1. The zero-order valence-corrected chi connectivity index (χ0v) is 18.6. The van der Waals surface area contributed by atoms with Gasteiger partial charge in [-0.3, -0.25) is 9.69 Å². The SMILES string of the molecule is CCCCN1C(=O)NC2(C1=O)c1cc(C#CC3CC3)ccc1CC21CCC(OC)CC1. The molecule has 1 heterocycles. The van der Waals surface area contributed by atoms with Gasteiger partial charge in [-0.05, 0) is 74.6 Å². The minimum Gasteiger partial charge on any atom is -0.381 e. The molecule has 1 N–H and O–H groups in total. The number of urea groups is 1. The second-order valence-corrected chi connectivity index (χ2v) is 9.80. The third kappa shape index (κ3) is 3.19. The van der Waals surface area contributed by atoms with Crippen LogP contribution in [0.4, 0.5) is 4.79 Å². The number of carbonyl (C=O) groups excluding carboxylic acids is 2. The standard InChI is InChI=1S/C26H32N2O3/c1-3-4-15-28-23(29)26(27-24(28)30)22-16-19(8-7-18-5-6-18)9-10-20(22)17-25(26)13-11-21(31-2)12-14-25/h9-10,16,18,21H,3-6,11-15,17H2,1-2H3,(H,27,30). The largest absolute Gasteiger partial charge is 0.381 e. The number of nitrogens with one attached hydrogen (secondary N) is 1. The number of benzene rings is 1. The van der Waals surface area contributed by atoms with E-state index in [9.17, 15) is 9.59 Å². The number of rotatable bonds is 4. The van der Waals surface area contributed by atoms with Gasteiger partial charge in [0.1, 0.15) is 0 Å². The van der Waals surface area contributed by atoms with Crippen molar-refractivity contribution >= 4 is 11.9 Å². The van der Waals surface area contributed by atoms with Crippen LogP contribution in [-0.2, 0) is 21.5 Å². The molecule has 5 heteroatoms. The Labute approximate surface area is 184 Å². The molecule has 0 radical (unpaired) electrons. The maximum atomic E-state index is 14.0. The maximum absolute atomic E-state index is 14.0. The van der Waals surface area contributed by atoms with Crippen LogP contribution in [0.2, 0.25) is 0 Å². The second-order valence-electron chi connectivity index (χ2n) is 9.80. The molecule has 3 aliphatic carbocycles. The van der Waals surface area contributed by atoms with Crippen molar-refractivity contribution in [1.82, 2.24) is 10.2 Å². The number of methoxy groups -OCH3 is 1. The summed E-state index contributed by atoms with van der Waals surface area (Å²) in [5, 5.41) is 3.24. The van der Waals surface area contributed by atoms with E-state index in [1.165, 1.54) is 23.3 Å². The van der Waals surface area contributed by atoms with Crippen molar-refractivity contribution in [2.75, 3.05) is 13.7 Å². The molecule has 1 aromatic carbocycles. The molecule has 1 aromatic rings. The zero-order chi connectivity index (χ0) is 21.6. The lowest BCUT2D eigenvalue weighted by molar-refractivity contribution is -0.138. The van der Waals surface area contributed by atoms with Gasteiger partial charge in [-0.25, -0.2) is 4.79 Å². The highest BCUT2D eigenvalue weighted by Crippen LogP contribution is 2.60. The lowest BCUT2D eigenvalue weighted by atomic mass is 9.61. The molecule has 5 nitrogen and oxygen atoms in total. The van der Waals surface area contributed by atoms with E-state index in [0.29, 0.717) is 12.5 Å². The Bertz CT molecular complexity index is 963. The van der Waals surface area contributed by atoms with Gasteiger partial charge in [0, 0.05) is 30.6 Å². The third-order valence-electron chi connectivity index (χ3n) is 7.90. The highest BCUT2D eigenvalue weighted by atomic mass is 16.5. The number of hydrogen-bond donors (Lipinski definition) is 1. The Morgan fingerprint density at radius 3 is 2.65 bits per heavy atom. The summed E-state index contributed by atoms with van der Waals surface area (Å²) in [4.78, 5) is 28.5. The van der Waals surface area contributed by atoms with Gasteiger partial charge in [-0.15, -0.1) is 0 Å². The lowest BCUT2D eigenvalue weighted by Crippen LogP contribution is -2.56. The zero-order valence-electron chi connectivity index (χ0n) is 18.6. The Kier molecular flexibility index (Phi) is 5.09. The first-order valence-corrected chi connectivity index (χ1v) is 11.8. The minimum atomic E-state index is -0.969. The average molecular weight is 421 g/mol. The molecule has 2 spiro atoms.